The highest BCUT2D eigenvalue weighted by atomic mass is 19.4. The van der Waals surface area contributed by atoms with E-state index in [0.717, 1.165) is 12.8 Å². The maximum atomic E-state index is 14.9. The SMILES string of the molecule is Cc1cc(F)c2c(c1)C(c1ccccc1)=N[C@H](NC(=O)[C@@H](CC1CC1)[C@@H](CCC(F)(F)F)C(N)=O)C(=O)N2. The topological polar surface area (TPSA) is 114 Å². The van der Waals surface area contributed by atoms with E-state index >= 15 is 0 Å². The number of halogens is 4. The van der Waals surface area contributed by atoms with Gasteiger partial charge in [0.25, 0.3) is 5.91 Å². The van der Waals surface area contributed by atoms with Crippen molar-refractivity contribution in [2.75, 3.05) is 5.32 Å². The van der Waals surface area contributed by atoms with Crippen LogP contribution < -0.4 is 16.4 Å². The Kier molecular flexibility index (Phi) is 7.84. The molecule has 4 rings (SSSR count). The van der Waals surface area contributed by atoms with Gasteiger partial charge in [0.05, 0.1) is 11.4 Å². The molecule has 2 aliphatic rings. The summed E-state index contributed by atoms with van der Waals surface area (Å²) in [5.41, 5.74) is 7.04. The molecule has 0 unspecified atom stereocenters. The number of aliphatic imine (C=N–C) groups is 1. The lowest BCUT2D eigenvalue weighted by atomic mass is 9.83. The molecule has 0 bridgehead atoms. The molecule has 0 aromatic heterocycles. The minimum atomic E-state index is -4.53. The number of primary amides is 1. The van der Waals surface area contributed by atoms with E-state index < -0.39 is 60.6 Å². The van der Waals surface area contributed by atoms with Crippen molar-refractivity contribution < 1.29 is 31.9 Å². The molecule has 1 saturated carbocycles. The molecule has 7 nitrogen and oxygen atoms in total. The highest BCUT2D eigenvalue weighted by Crippen LogP contribution is 2.39. The van der Waals surface area contributed by atoms with E-state index in [0.29, 0.717) is 16.7 Å². The number of benzene rings is 2. The van der Waals surface area contributed by atoms with Gasteiger partial charge in [0, 0.05) is 29.4 Å². The Morgan fingerprint density at radius 1 is 1.16 bits per heavy atom. The van der Waals surface area contributed by atoms with Crippen LogP contribution in [0.5, 0.6) is 0 Å². The van der Waals surface area contributed by atoms with Crippen LogP contribution in [0.15, 0.2) is 47.5 Å². The van der Waals surface area contributed by atoms with Crippen molar-refractivity contribution in [2.24, 2.45) is 28.5 Å². The molecule has 38 heavy (non-hydrogen) atoms. The van der Waals surface area contributed by atoms with E-state index in [-0.39, 0.29) is 23.7 Å². The van der Waals surface area contributed by atoms with Gasteiger partial charge in [0.2, 0.25) is 18.0 Å². The average Bonchev–Trinajstić information content (AvgIpc) is 3.67. The Bertz CT molecular complexity index is 1260. The van der Waals surface area contributed by atoms with Gasteiger partial charge in [-0.1, -0.05) is 43.2 Å². The molecule has 1 aliphatic carbocycles. The monoisotopic (exact) mass is 532 g/mol. The molecule has 1 heterocycles. The van der Waals surface area contributed by atoms with E-state index in [1.54, 1.807) is 43.3 Å². The van der Waals surface area contributed by atoms with Crippen LogP contribution in [0.3, 0.4) is 0 Å². The Hall–Kier alpha value is -3.76. The maximum absolute atomic E-state index is 14.9. The van der Waals surface area contributed by atoms with Gasteiger partial charge in [0.1, 0.15) is 5.82 Å². The first-order chi connectivity index (χ1) is 17.9. The third-order valence-corrected chi connectivity index (χ3v) is 6.78. The summed E-state index contributed by atoms with van der Waals surface area (Å²) in [5, 5.41) is 4.97. The Morgan fingerprint density at radius 3 is 2.45 bits per heavy atom. The number of hydrogen-bond donors (Lipinski definition) is 3. The maximum Gasteiger partial charge on any atom is 0.389 e. The van der Waals surface area contributed by atoms with E-state index in [4.69, 9.17) is 5.73 Å². The molecule has 1 fully saturated rings. The highest BCUT2D eigenvalue weighted by molar-refractivity contribution is 6.20. The van der Waals surface area contributed by atoms with Crippen LogP contribution in [0, 0.1) is 30.5 Å². The molecule has 0 radical (unpaired) electrons. The van der Waals surface area contributed by atoms with Crippen molar-refractivity contribution in [2.45, 2.75) is 51.4 Å². The first kappa shape index (κ1) is 27.3. The molecule has 0 saturated heterocycles. The first-order valence-electron chi connectivity index (χ1n) is 12.3. The number of nitrogens with one attached hydrogen (secondary N) is 2. The van der Waals surface area contributed by atoms with Crippen LogP contribution in [0.2, 0.25) is 0 Å². The number of carbonyl (C=O) groups excluding carboxylic acids is 3. The molecule has 3 amide bonds. The van der Waals surface area contributed by atoms with Crippen molar-refractivity contribution >= 4 is 29.1 Å². The zero-order valence-electron chi connectivity index (χ0n) is 20.6. The zero-order valence-corrected chi connectivity index (χ0v) is 20.6. The second kappa shape index (κ2) is 10.9. The minimum absolute atomic E-state index is 0.0751. The summed E-state index contributed by atoms with van der Waals surface area (Å²) in [7, 11) is 0. The smallest absolute Gasteiger partial charge is 0.369 e. The summed E-state index contributed by atoms with van der Waals surface area (Å²) in [6, 6.07) is 11.6. The summed E-state index contributed by atoms with van der Waals surface area (Å²) in [4.78, 5) is 43.1. The summed E-state index contributed by atoms with van der Waals surface area (Å²) in [6.07, 6.45) is -6.25. The molecular formula is C27H28F4N4O3. The Labute approximate surface area is 216 Å². The van der Waals surface area contributed by atoms with Crippen molar-refractivity contribution in [1.29, 1.82) is 0 Å². The van der Waals surface area contributed by atoms with Gasteiger partial charge < -0.3 is 16.4 Å². The van der Waals surface area contributed by atoms with Gasteiger partial charge in [-0.3, -0.25) is 14.4 Å². The van der Waals surface area contributed by atoms with E-state index in [9.17, 15) is 31.9 Å². The van der Waals surface area contributed by atoms with E-state index in [2.05, 4.69) is 15.6 Å². The standard InChI is InChI=1S/C27H28F4N4O3/c1-14-11-19-21(16-5-3-2-4-6-16)33-24(26(38)34-22(19)20(28)12-14)35-25(37)18(13-15-7-8-15)17(23(32)36)9-10-27(29,30)31/h2-6,11-12,15,17-18,24H,7-10,13H2,1H3,(H2,32,36)(H,34,38)(H,35,37)/t17-,18+,24-/m1/s1. The first-order valence-corrected chi connectivity index (χ1v) is 12.3. The lowest BCUT2D eigenvalue weighted by Gasteiger charge is -2.26. The number of hydrogen-bond acceptors (Lipinski definition) is 4. The minimum Gasteiger partial charge on any atom is -0.369 e. The van der Waals surface area contributed by atoms with E-state index in [1.165, 1.54) is 6.07 Å². The molecule has 4 N–H and O–H groups in total. The van der Waals surface area contributed by atoms with Crippen LogP contribution in [-0.4, -0.2) is 35.8 Å². The fourth-order valence-electron chi connectivity index (χ4n) is 4.70. The number of nitrogens with two attached hydrogens (primary N) is 1. The number of rotatable bonds is 9. The number of fused-ring (bicyclic) bond motifs is 1. The van der Waals surface area contributed by atoms with Crippen LogP contribution in [-0.2, 0) is 14.4 Å². The molecule has 3 atom stereocenters. The number of aryl methyl sites for hydroxylation is 1. The zero-order chi connectivity index (χ0) is 27.6. The van der Waals surface area contributed by atoms with Crippen LogP contribution in [0.25, 0.3) is 0 Å². The lowest BCUT2D eigenvalue weighted by molar-refractivity contribution is -0.146. The quantitative estimate of drug-likeness (QED) is 0.420. The van der Waals surface area contributed by atoms with Crippen molar-refractivity contribution in [1.82, 2.24) is 5.32 Å². The second-order valence-electron chi connectivity index (χ2n) is 9.86. The third-order valence-electron chi connectivity index (χ3n) is 6.78. The van der Waals surface area contributed by atoms with Crippen LogP contribution >= 0.6 is 0 Å². The number of anilines is 1. The number of nitrogens with zero attached hydrogens (tertiary/aromatic N) is 1. The lowest BCUT2D eigenvalue weighted by Crippen LogP contribution is -2.48. The number of amides is 3. The molecule has 2 aromatic carbocycles. The number of alkyl halides is 3. The fourth-order valence-corrected chi connectivity index (χ4v) is 4.70. The van der Waals surface area contributed by atoms with Gasteiger partial charge in [-0.15, -0.1) is 0 Å². The Morgan fingerprint density at radius 2 is 1.84 bits per heavy atom. The second-order valence-corrected chi connectivity index (χ2v) is 9.86. The molecule has 202 valence electrons. The largest absolute Gasteiger partial charge is 0.389 e. The predicted octanol–water partition coefficient (Wildman–Crippen LogP) is 4.23. The van der Waals surface area contributed by atoms with Crippen molar-refractivity contribution in [3.05, 3.63) is 65.0 Å². The highest BCUT2D eigenvalue weighted by Gasteiger charge is 2.41. The summed E-state index contributed by atoms with van der Waals surface area (Å²) in [5.74, 6) is -5.80. The van der Waals surface area contributed by atoms with Gasteiger partial charge in [-0.05, 0) is 43.4 Å². The van der Waals surface area contributed by atoms with Crippen LogP contribution in [0.1, 0.15) is 48.8 Å². The van der Waals surface area contributed by atoms with Gasteiger partial charge >= 0.3 is 6.18 Å². The summed E-state index contributed by atoms with van der Waals surface area (Å²) in [6.45, 7) is 1.69. The summed E-state index contributed by atoms with van der Waals surface area (Å²) < 4.78 is 53.7. The summed E-state index contributed by atoms with van der Waals surface area (Å²) >= 11 is 0. The third kappa shape index (κ3) is 6.56. The van der Waals surface area contributed by atoms with Gasteiger partial charge in [0.15, 0.2) is 0 Å². The van der Waals surface area contributed by atoms with Gasteiger partial charge in [-0.25, -0.2) is 9.38 Å². The van der Waals surface area contributed by atoms with E-state index in [1.807, 2.05) is 0 Å². The normalized spacial score (nSPS) is 18.9. The van der Waals surface area contributed by atoms with Crippen molar-refractivity contribution in [3.63, 3.8) is 0 Å². The van der Waals surface area contributed by atoms with Crippen LogP contribution in [0.4, 0.5) is 23.2 Å². The molecule has 1 aliphatic heterocycles. The van der Waals surface area contributed by atoms with Gasteiger partial charge in [-0.2, -0.15) is 13.2 Å². The fraction of sp³-hybridized carbons (Fsp3) is 0.407. The molecule has 0 spiro atoms. The van der Waals surface area contributed by atoms with Crippen molar-refractivity contribution in [3.8, 4) is 0 Å². The average molecular weight is 533 g/mol. The Balaban J connectivity index is 1.68. The number of carbonyl (C=O) groups is 3. The predicted molar refractivity (Wildman–Crippen MR) is 133 cm³/mol. The number of benzodiazepines with no additional fused rings is 1. The molecule has 11 heteroatoms. The molecular weight excluding hydrogens is 504 g/mol. The molecule has 2 aromatic rings.